The largest absolute Gasteiger partial charge is 0.103 e. The zero-order valence-electron chi connectivity index (χ0n) is 7.85. The minimum atomic E-state index is 1.02. The van der Waals surface area contributed by atoms with Crippen molar-refractivity contribution < 1.29 is 0 Å². The van der Waals surface area contributed by atoms with Gasteiger partial charge in [0.05, 0.1) is 0 Å². The van der Waals surface area contributed by atoms with E-state index in [1.54, 1.807) is 0 Å². The molecule has 0 spiro atoms. The minimum Gasteiger partial charge on any atom is -0.103 e. The normalized spacial score (nSPS) is 13.4. The summed E-state index contributed by atoms with van der Waals surface area (Å²) < 4.78 is 0. The van der Waals surface area contributed by atoms with Crippen molar-refractivity contribution in [3.8, 4) is 0 Å². The molecule has 0 rings (SSSR count). The standard InChI is InChI=1S/C11H18/c1-5-7-9-11(4)10(3)8-6-2/h5-7H,2,8-9H2,1,3-4H3. The van der Waals surface area contributed by atoms with E-state index in [9.17, 15) is 0 Å². The van der Waals surface area contributed by atoms with Crippen molar-refractivity contribution in [2.45, 2.75) is 33.6 Å². The van der Waals surface area contributed by atoms with Crippen LogP contribution in [0.15, 0.2) is 36.0 Å². The Morgan fingerprint density at radius 2 is 1.73 bits per heavy atom. The van der Waals surface area contributed by atoms with Gasteiger partial charge < -0.3 is 0 Å². The molecule has 0 fully saturated rings. The summed E-state index contributed by atoms with van der Waals surface area (Å²) in [6, 6.07) is 0. The first-order chi connectivity index (χ1) is 5.22. The van der Waals surface area contributed by atoms with Gasteiger partial charge in [0.2, 0.25) is 0 Å². The minimum absolute atomic E-state index is 1.02. The third-order valence-electron chi connectivity index (χ3n) is 1.84. The summed E-state index contributed by atoms with van der Waals surface area (Å²) in [6.07, 6.45) is 8.32. The van der Waals surface area contributed by atoms with Crippen LogP contribution in [0.5, 0.6) is 0 Å². The highest BCUT2D eigenvalue weighted by Gasteiger charge is 1.91. The molecule has 62 valence electrons. The van der Waals surface area contributed by atoms with E-state index in [0.29, 0.717) is 0 Å². The van der Waals surface area contributed by atoms with Crippen LogP contribution in [0.2, 0.25) is 0 Å². The van der Waals surface area contributed by atoms with Crippen LogP contribution in [-0.4, -0.2) is 0 Å². The van der Waals surface area contributed by atoms with Gasteiger partial charge in [-0.2, -0.15) is 0 Å². The van der Waals surface area contributed by atoms with Gasteiger partial charge in [0, 0.05) is 0 Å². The first kappa shape index (κ1) is 10.2. The molecule has 0 aliphatic heterocycles. The maximum absolute atomic E-state index is 3.71. The van der Waals surface area contributed by atoms with Crippen LogP contribution in [-0.2, 0) is 0 Å². The molecule has 0 aromatic heterocycles. The van der Waals surface area contributed by atoms with Crippen molar-refractivity contribution in [1.29, 1.82) is 0 Å². The van der Waals surface area contributed by atoms with Crippen LogP contribution < -0.4 is 0 Å². The Morgan fingerprint density at radius 1 is 1.18 bits per heavy atom. The summed E-state index contributed by atoms with van der Waals surface area (Å²) in [5, 5.41) is 0. The molecule has 0 radical (unpaired) electrons. The zero-order chi connectivity index (χ0) is 8.69. The van der Waals surface area contributed by atoms with E-state index in [0.717, 1.165) is 12.8 Å². The lowest BCUT2D eigenvalue weighted by Gasteiger charge is -2.01. The van der Waals surface area contributed by atoms with Gasteiger partial charge in [0.15, 0.2) is 0 Å². The molecule has 0 aliphatic carbocycles. The van der Waals surface area contributed by atoms with Crippen molar-refractivity contribution in [3.05, 3.63) is 36.0 Å². The molecule has 0 N–H and O–H groups in total. The molecular weight excluding hydrogens is 132 g/mol. The Bertz CT molecular complexity index is 170. The van der Waals surface area contributed by atoms with Gasteiger partial charge in [-0.15, -0.1) is 6.58 Å². The SMILES string of the molecule is C=CCC(C)=C(C)CC=CC. The predicted molar refractivity (Wildman–Crippen MR) is 52.6 cm³/mol. The first-order valence-electron chi connectivity index (χ1n) is 4.09. The Labute approximate surface area is 70.3 Å². The highest BCUT2D eigenvalue weighted by Crippen LogP contribution is 2.11. The van der Waals surface area contributed by atoms with Crippen molar-refractivity contribution in [3.63, 3.8) is 0 Å². The second-order valence-corrected chi connectivity index (χ2v) is 2.83. The Morgan fingerprint density at radius 3 is 2.18 bits per heavy atom. The molecular formula is C11H18. The summed E-state index contributed by atoms with van der Waals surface area (Å²) in [7, 11) is 0. The van der Waals surface area contributed by atoms with Crippen molar-refractivity contribution in [2.24, 2.45) is 0 Å². The van der Waals surface area contributed by atoms with Crippen molar-refractivity contribution in [2.75, 3.05) is 0 Å². The van der Waals surface area contributed by atoms with Crippen LogP contribution in [0, 0.1) is 0 Å². The maximum Gasteiger partial charge on any atom is -0.0139 e. The molecule has 0 atom stereocenters. The topological polar surface area (TPSA) is 0 Å². The molecule has 0 bridgehead atoms. The van der Waals surface area contributed by atoms with E-state index >= 15 is 0 Å². The zero-order valence-corrected chi connectivity index (χ0v) is 7.85. The summed E-state index contributed by atoms with van der Waals surface area (Å²) in [4.78, 5) is 0. The Kier molecular flexibility index (Phi) is 5.54. The fraction of sp³-hybridized carbons (Fsp3) is 0.455. The van der Waals surface area contributed by atoms with Crippen LogP contribution in [0.3, 0.4) is 0 Å². The number of allylic oxidation sites excluding steroid dienone is 5. The summed E-state index contributed by atoms with van der Waals surface area (Å²) in [5.74, 6) is 0. The summed E-state index contributed by atoms with van der Waals surface area (Å²) >= 11 is 0. The molecule has 0 saturated carbocycles. The second kappa shape index (κ2) is 5.96. The van der Waals surface area contributed by atoms with E-state index in [-0.39, 0.29) is 0 Å². The van der Waals surface area contributed by atoms with E-state index in [1.807, 2.05) is 6.08 Å². The van der Waals surface area contributed by atoms with Crippen LogP contribution in [0.25, 0.3) is 0 Å². The highest BCUT2D eigenvalue weighted by atomic mass is 14.0. The monoisotopic (exact) mass is 150 g/mol. The molecule has 11 heavy (non-hydrogen) atoms. The average Bonchev–Trinajstić information content (AvgIpc) is 2.00. The molecule has 0 heterocycles. The molecule has 0 saturated heterocycles. The van der Waals surface area contributed by atoms with Gasteiger partial charge in [-0.3, -0.25) is 0 Å². The average molecular weight is 150 g/mol. The third kappa shape index (κ3) is 4.60. The first-order valence-corrected chi connectivity index (χ1v) is 4.09. The summed E-state index contributed by atoms with van der Waals surface area (Å²) in [5.41, 5.74) is 2.90. The molecule has 0 heteroatoms. The second-order valence-electron chi connectivity index (χ2n) is 2.83. The van der Waals surface area contributed by atoms with Gasteiger partial charge in [-0.05, 0) is 33.6 Å². The lowest BCUT2D eigenvalue weighted by Crippen LogP contribution is -1.81. The van der Waals surface area contributed by atoms with E-state index in [2.05, 4.69) is 39.5 Å². The van der Waals surface area contributed by atoms with Crippen LogP contribution in [0.1, 0.15) is 33.6 Å². The fourth-order valence-electron chi connectivity index (χ4n) is 0.860. The van der Waals surface area contributed by atoms with Gasteiger partial charge in [-0.1, -0.05) is 29.4 Å². The Hall–Kier alpha value is -0.780. The lowest BCUT2D eigenvalue weighted by atomic mass is 10.1. The van der Waals surface area contributed by atoms with Gasteiger partial charge >= 0.3 is 0 Å². The van der Waals surface area contributed by atoms with E-state index in [4.69, 9.17) is 0 Å². The fourth-order valence-corrected chi connectivity index (χ4v) is 0.860. The number of hydrogen-bond donors (Lipinski definition) is 0. The van der Waals surface area contributed by atoms with Crippen molar-refractivity contribution in [1.82, 2.24) is 0 Å². The van der Waals surface area contributed by atoms with Gasteiger partial charge in [0.25, 0.3) is 0 Å². The van der Waals surface area contributed by atoms with Crippen molar-refractivity contribution >= 4 is 0 Å². The van der Waals surface area contributed by atoms with Gasteiger partial charge in [-0.25, -0.2) is 0 Å². The molecule has 0 nitrogen and oxygen atoms in total. The van der Waals surface area contributed by atoms with Crippen LogP contribution >= 0.6 is 0 Å². The highest BCUT2D eigenvalue weighted by molar-refractivity contribution is 5.15. The van der Waals surface area contributed by atoms with E-state index in [1.165, 1.54) is 11.1 Å². The third-order valence-corrected chi connectivity index (χ3v) is 1.84. The smallest absolute Gasteiger partial charge is 0.0139 e. The molecule has 0 amide bonds. The van der Waals surface area contributed by atoms with Crippen LogP contribution in [0.4, 0.5) is 0 Å². The molecule has 0 unspecified atom stereocenters. The molecule has 0 aliphatic rings. The molecule has 0 aromatic carbocycles. The summed E-state index contributed by atoms with van der Waals surface area (Å²) in [6.45, 7) is 10.1. The lowest BCUT2D eigenvalue weighted by molar-refractivity contribution is 1.08. The van der Waals surface area contributed by atoms with E-state index < -0.39 is 0 Å². The maximum atomic E-state index is 3.71. The quantitative estimate of drug-likeness (QED) is 0.534. The predicted octanol–water partition coefficient (Wildman–Crippen LogP) is 3.87. The number of hydrogen-bond acceptors (Lipinski definition) is 0. The Balaban J connectivity index is 4.03. The van der Waals surface area contributed by atoms with Gasteiger partial charge in [0.1, 0.15) is 0 Å². The molecule has 0 aromatic rings. The number of rotatable bonds is 4.